The number of aliphatic carboxylic acids is 1. The highest BCUT2D eigenvalue weighted by Crippen LogP contribution is 2.33. The first-order valence-electron chi connectivity index (χ1n) is 5.58. The summed E-state index contributed by atoms with van der Waals surface area (Å²) < 4.78 is 8.66. The van der Waals surface area contributed by atoms with E-state index in [0.29, 0.717) is 11.3 Å². The maximum Gasteiger partial charge on any atom is 0.349 e. The monoisotopic (exact) mass is 606 g/mol. The first-order valence-corrected chi connectivity index (χ1v) is 8.81. The Morgan fingerprint density at radius 2 is 1.60 bits per heavy atom. The second-order valence-electron chi connectivity index (χ2n) is 3.95. The Hall–Kier alpha value is -0.100. The van der Waals surface area contributed by atoms with Gasteiger partial charge in [-0.15, -0.1) is 0 Å². The molecule has 104 valence electrons. The molecule has 0 aliphatic heterocycles. The molecule has 0 heterocycles. The van der Waals surface area contributed by atoms with Gasteiger partial charge in [-0.2, -0.15) is 0 Å². The van der Waals surface area contributed by atoms with Crippen LogP contribution in [0.5, 0.6) is 5.75 Å². The quantitative estimate of drug-likeness (QED) is 0.514. The highest BCUT2D eigenvalue weighted by molar-refractivity contribution is 14.1. The minimum atomic E-state index is -1.00. The second-order valence-corrected chi connectivity index (χ2v) is 7.52. The molecular formula is C14H9I3O3. The molecule has 0 radical (unpaired) electrons. The first kappa shape index (κ1) is 16.3. The molecule has 0 aromatic heterocycles. The zero-order valence-electron chi connectivity index (χ0n) is 10.0. The SMILES string of the molecule is O=C(O)C(Oc1c(I)cc(I)cc1I)c1ccccc1. The van der Waals surface area contributed by atoms with E-state index >= 15 is 0 Å². The first-order chi connectivity index (χ1) is 9.49. The maximum absolute atomic E-state index is 11.5. The van der Waals surface area contributed by atoms with Crippen LogP contribution in [0.15, 0.2) is 42.5 Å². The van der Waals surface area contributed by atoms with Gasteiger partial charge in [0.15, 0.2) is 0 Å². The van der Waals surface area contributed by atoms with Gasteiger partial charge >= 0.3 is 5.97 Å². The summed E-state index contributed by atoms with van der Waals surface area (Å²) in [4.78, 5) is 11.5. The average molecular weight is 606 g/mol. The third-order valence-corrected chi connectivity index (χ3v) is 4.75. The Morgan fingerprint density at radius 1 is 1.05 bits per heavy atom. The molecule has 0 spiro atoms. The van der Waals surface area contributed by atoms with E-state index in [9.17, 15) is 9.90 Å². The summed E-state index contributed by atoms with van der Waals surface area (Å²) in [5, 5.41) is 9.39. The molecule has 0 amide bonds. The van der Waals surface area contributed by atoms with Crippen LogP contribution < -0.4 is 4.74 Å². The predicted molar refractivity (Wildman–Crippen MR) is 102 cm³/mol. The van der Waals surface area contributed by atoms with E-state index in [0.717, 1.165) is 10.7 Å². The second kappa shape index (κ2) is 7.25. The smallest absolute Gasteiger partial charge is 0.349 e. The summed E-state index contributed by atoms with van der Waals surface area (Å²) in [5.41, 5.74) is 0.630. The number of carbonyl (C=O) groups is 1. The van der Waals surface area contributed by atoms with Crippen molar-refractivity contribution in [1.29, 1.82) is 0 Å². The number of hydrogen-bond acceptors (Lipinski definition) is 2. The molecule has 1 unspecified atom stereocenters. The molecule has 0 saturated heterocycles. The number of carboxylic acid groups (broad SMARTS) is 1. The van der Waals surface area contributed by atoms with Crippen LogP contribution in [0.1, 0.15) is 11.7 Å². The van der Waals surface area contributed by atoms with Gasteiger partial charge in [-0.05, 0) is 79.9 Å². The van der Waals surface area contributed by atoms with E-state index in [-0.39, 0.29) is 0 Å². The molecule has 1 atom stereocenters. The summed E-state index contributed by atoms with van der Waals surface area (Å²) in [7, 11) is 0. The topological polar surface area (TPSA) is 46.5 Å². The van der Waals surface area contributed by atoms with Crippen molar-refractivity contribution in [2.24, 2.45) is 0 Å². The lowest BCUT2D eigenvalue weighted by atomic mass is 10.1. The van der Waals surface area contributed by atoms with Gasteiger partial charge in [-0.3, -0.25) is 0 Å². The van der Waals surface area contributed by atoms with Crippen molar-refractivity contribution >= 4 is 73.7 Å². The molecule has 0 saturated carbocycles. The van der Waals surface area contributed by atoms with Crippen LogP contribution >= 0.6 is 67.8 Å². The number of rotatable bonds is 4. The van der Waals surface area contributed by atoms with Crippen molar-refractivity contribution in [3.05, 3.63) is 58.7 Å². The van der Waals surface area contributed by atoms with Crippen LogP contribution in [0.2, 0.25) is 0 Å². The van der Waals surface area contributed by atoms with E-state index in [1.807, 2.05) is 18.2 Å². The highest BCUT2D eigenvalue weighted by Gasteiger charge is 2.23. The van der Waals surface area contributed by atoms with Gasteiger partial charge < -0.3 is 9.84 Å². The molecule has 20 heavy (non-hydrogen) atoms. The molecule has 2 aromatic carbocycles. The number of hydrogen-bond donors (Lipinski definition) is 1. The molecule has 0 bridgehead atoms. The van der Waals surface area contributed by atoms with Crippen LogP contribution in [-0.4, -0.2) is 11.1 Å². The van der Waals surface area contributed by atoms with E-state index in [1.54, 1.807) is 24.3 Å². The molecular weight excluding hydrogens is 597 g/mol. The van der Waals surface area contributed by atoms with Crippen LogP contribution in [-0.2, 0) is 4.79 Å². The third-order valence-electron chi connectivity index (χ3n) is 2.53. The standard InChI is InChI=1S/C14H9I3O3/c15-9-6-10(16)13(11(17)7-9)20-12(14(18)19)8-4-2-1-3-5-8/h1-7,12H,(H,18,19). The molecule has 0 aliphatic rings. The normalized spacial score (nSPS) is 11.9. The lowest BCUT2D eigenvalue weighted by molar-refractivity contribution is -0.145. The zero-order valence-corrected chi connectivity index (χ0v) is 16.5. The van der Waals surface area contributed by atoms with Gasteiger partial charge in [0.2, 0.25) is 6.10 Å². The fourth-order valence-corrected chi connectivity index (χ4v) is 5.49. The van der Waals surface area contributed by atoms with Crippen LogP contribution in [0, 0.1) is 10.7 Å². The maximum atomic E-state index is 11.5. The van der Waals surface area contributed by atoms with Gasteiger partial charge in [0.05, 0.1) is 7.14 Å². The minimum absolute atomic E-state index is 0.614. The van der Waals surface area contributed by atoms with Crippen molar-refractivity contribution in [2.75, 3.05) is 0 Å². The summed E-state index contributed by atoms with van der Waals surface area (Å²) in [6.45, 7) is 0. The number of carboxylic acids is 1. The van der Waals surface area contributed by atoms with E-state index in [4.69, 9.17) is 4.74 Å². The Kier molecular flexibility index (Phi) is 5.90. The van der Waals surface area contributed by atoms with Crippen LogP contribution in [0.3, 0.4) is 0 Å². The summed E-state index contributed by atoms with van der Waals surface area (Å²) in [6.07, 6.45) is -1.00. The fourth-order valence-electron chi connectivity index (χ4n) is 1.65. The molecule has 2 aromatic rings. The minimum Gasteiger partial charge on any atom is -0.478 e. The molecule has 1 N–H and O–H groups in total. The van der Waals surface area contributed by atoms with Crippen LogP contribution in [0.25, 0.3) is 0 Å². The third kappa shape index (κ3) is 3.97. The Labute approximate surface area is 157 Å². The van der Waals surface area contributed by atoms with Crippen molar-refractivity contribution < 1.29 is 14.6 Å². The molecule has 2 rings (SSSR count). The average Bonchev–Trinajstić information content (AvgIpc) is 2.38. The molecule has 0 fully saturated rings. The lowest BCUT2D eigenvalue weighted by Gasteiger charge is -2.18. The van der Waals surface area contributed by atoms with E-state index < -0.39 is 12.1 Å². The van der Waals surface area contributed by atoms with E-state index in [2.05, 4.69) is 67.8 Å². The van der Waals surface area contributed by atoms with Crippen molar-refractivity contribution in [3.8, 4) is 5.75 Å². The van der Waals surface area contributed by atoms with Gasteiger partial charge in [-0.1, -0.05) is 30.3 Å². The van der Waals surface area contributed by atoms with Crippen molar-refractivity contribution in [1.82, 2.24) is 0 Å². The Balaban J connectivity index is 2.38. The highest BCUT2D eigenvalue weighted by atomic mass is 127. The summed E-state index contributed by atoms with van der Waals surface area (Å²) in [5.74, 6) is -0.385. The molecule has 0 aliphatic carbocycles. The van der Waals surface area contributed by atoms with Crippen LogP contribution in [0.4, 0.5) is 0 Å². The molecule has 6 heteroatoms. The fraction of sp³-hybridized carbons (Fsp3) is 0.0714. The van der Waals surface area contributed by atoms with E-state index in [1.165, 1.54) is 0 Å². The Morgan fingerprint density at radius 3 is 2.10 bits per heavy atom. The van der Waals surface area contributed by atoms with Gasteiger partial charge in [0.1, 0.15) is 5.75 Å². The summed E-state index contributed by atoms with van der Waals surface area (Å²) >= 11 is 6.55. The Bertz CT molecular complexity index is 606. The van der Waals surface area contributed by atoms with Gasteiger partial charge in [0.25, 0.3) is 0 Å². The van der Waals surface area contributed by atoms with Crippen molar-refractivity contribution in [3.63, 3.8) is 0 Å². The van der Waals surface area contributed by atoms with Crippen molar-refractivity contribution in [2.45, 2.75) is 6.10 Å². The largest absolute Gasteiger partial charge is 0.478 e. The zero-order chi connectivity index (χ0) is 14.7. The number of halogens is 3. The number of ether oxygens (including phenoxy) is 1. The number of benzene rings is 2. The predicted octanol–water partition coefficient (Wildman–Crippen LogP) is 4.71. The van der Waals surface area contributed by atoms with Gasteiger partial charge in [0, 0.05) is 9.13 Å². The lowest BCUT2D eigenvalue weighted by Crippen LogP contribution is -2.19. The molecule has 3 nitrogen and oxygen atoms in total. The summed E-state index contributed by atoms with van der Waals surface area (Å²) in [6, 6.07) is 12.9. The van der Waals surface area contributed by atoms with Gasteiger partial charge in [-0.25, -0.2) is 4.79 Å².